The lowest BCUT2D eigenvalue weighted by molar-refractivity contribution is 0.0984. The van der Waals surface area contributed by atoms with Gasteiger partial charge in [-0.3, -0.25) is 4.79 Å². The number of rotatable bonds is 5. The molecule has 1 rings (SSSR count). The molecule has 0 unspecified atom stereocenters. The van der Waals surface area contributed by atoms with Crippen LogP contribution < -0.4 is 5.73 Å². The van der Waals surface area contributed by atoms with E-state index in [1.807, 2.05) is 6.07 Å². The van der Waals surface area contributed by atoms with Gasteiger partial charge in [0, 0.05) is 18.4 Å². The van der Waals surface area contributed by atoms with Gasteiger partial charge in [-0.05, 0) is 26.0 Å². The smallest absolute Gasteiger partial charge is 0.164 e. The SMILES string of the molecule is CC(C)(F)Cc1ccccc1C(=O)CCN. The fourth-order valence-electron chi connectivity index (χ4n) is 1.67. The summed E-state index contributed by atoms with van der Waals surface area (Å²) in [5.41, 5.74) is 5.40. The summed E-state index contributed by atoms with van der Waals surface area (Å²) >= 11 is 0. The van der Waals surface area contributed by atoms with Crippen molar-refractivity contribution in [2.24, 2.45) is 5.73 Å². The van der Waals surface area contributed by atoms with Gasteiger partial charge in [-0.25, -0.2) is 4.39 Å². The van der Waals surface area contributed by atoms with Crippen molar-refractivity contribution in [1.29, 1.82) is 0 Å². The van der Waals surface area contributed by atoms with E-state index in [-0.39, 0.29) is 12.2 Å². The van der Waals surface area contributed by atoms with Gasteiger partial charge in [0.25, 0.3) is 0 Å². The van der Waals surface area contributed by atoms with Crippen molar-refractivity contribution in [3.05, 3.63) is 35.4 Å². The van der Waals surface area contributed by atoms with Gasteiger partial charge in [0.05, 0.1) is 0 Å². The van der Waals surface area contributed by atoms with Crippen molar-refractivity contribution >= 4 is 5.78 Å². The van der Waals surface area contributed by atoms with Crippen molar-refractivity contribution < 1.29 is 9.18 Å². The fraction of sp³-hybridized carbons (Fsp3) is 0.462. The zero-order valence-electron chi connectivity index (χ0n) is 9.79. The van der Waals surface area contributed by atoms with Crippen LogP contribution in [0.3, 0.4) is 0 Å². The number of benzene rings is 1. The van der Waals surface area contributed by atoms with E-state index in [1.165, 1.54) is 13.8 Å². The van der Waals surface area contributed by atoms with E-state index < -0.39 is 5.67 Å². The molecule has 88 valence electrons. The van der Waals surface area contributed by atoms with Crippen molar-refractivity contribution in [2.45, 2.75) is 32.4 Å². The Kier molecular flexibility index (Phi) is 4.19. The third kappa shape index (κ3) is 3.74. The first-order valence-electron chi connectivity index (χ1n) is 5.44. The molecule has 0 aromatic heterocycles. The molecule has 0 bridgehead atoms. The molecule has 0 aliphatic carbocycles. The lowest BCUT2D eigenvalue weighted by Gasteiger charge is -2.16. The summed E-state index contributed by atoms with van der Waals surface area (Å²) < 4.78 is 13.6. The van der Waals surface area contributed by atoms with Crippen molar-refractivity contribution in [1.82, 2.24) is 0 Å². The van der Waals surface area contributed by atoms with Crippen LogP contribution in [-0.2, 0) is 6.42 Å². The number of alkyl halides is 1. The van der Waals surface area contributed by atoms with Gasteiger partial charge < -0.3 is 5.73 Å². The number of halogens is 1. The molecular weight excluding hydrogens is 205 g/mol. The van der Waals surface area contributed by atoms with Gasteiger partial charge in [0.2, 0.25) is 0 Å². The van der Waals surface area contributed by atoms with Gasteiger partial charge in [-0.15, -0.1) is 0 Å². The van der Waals surface area contributed by atoms with Gasteiger partial charge >= 0.3 is 0 Å². The summed E-state index contributed by atoms with van der Waals surface area (Å²) in [6.07, 6.45) is 0.559. The van der Waals surface area contributed by atoms with Crippen LogP contribution in [0, 0.1) is 0 Å². The maximum absolute atomic E-state index is 13.6. The monoisotopic (exact) mass is 223 g/mol. The lowest BCUT2D eigenvalue weighted by Crippen LogP contribution is -2.18. The standard InChI is InChI=1S/C13H18FNO/c1-13(2,14)9-10-5-3-4-6-11(10)12(16)7-8-15/h3-6H,7-9,15H2,1-2H3. The van der Waals surface area contributed by atoms with Crippen LogP contribution in [0.25, 0.3) is 0 Å². The molecule has 1 aromatic carbocycles. The number of hydrogen-bond acceptors (Lipinski definition) is 2. The molecule has 2 nitrogen and oxygen atoms in total. The van der Waals surface area contributed by atoms with Gasteiger partial charge in [0.1, 0.15) is 5.67 Å². The lowest BCUT2D eigenvalue weighted by atomic mass is 9.93. The average molecular weight is 223 g/mol. The number of nitrogens with two attached hydrogens (primary N) is 1. The number of Topliss-reactive ketones (excluding diaryl/α,β-unsaturated/α-hetero) is 1. The topological polar surface area (TPSA) is 43.1 Å². The molecular formula is C13H18FNO. The predicted octanol–water partition coefficient (Wildman–Crippen LogP) is 2.51. The van der Waals surface area contributed by atoms with Crippen LogP contribution in [0.15, 0.2) is 24.3 Å². The van der Waals surface area contributed by atoms with E-state index in [0.29, 0.717) is 18.5 Å². The van der Waals surface area contributed by atoms with Crippen LogP contribution in [-0.4, -0.2) is 18.0 Å². The van der Waals surface area contributed by atoms with E-state index in [0.717, 1.165) is 5.56 Å². The maximum Gasteiger partial charge on any atom is 0.164 e. The Balaban J connectivity index is 2.96. The Morgan fingerprint density at radius 2 is 2.00 bits per heavy atom. The number of hydrogen-bond donors (Lipinski definition) is 1. The van der Waals surface area contributed by atoms with Crippen LogP contribution in [0.5, 0.6) is 0 Å². The Hall–Kier alpha value is -1.22. The molecule has 0 spiro atoms. The number of ketones is 1. The maximum atomic E-state index is 13.6. The van der Waals surface area contributed by atoms with Gasteiger partial charge in [-0.1, -0.05) is 24.3 Å². The third-order valence-corrected chi connectivity index (χ3v) is 2.30. The van der Waals surface area contributed by atoms with Crippen molar-refractivity contribution in [3.8, 4) is 0 Å². The summed E-state index contributed by atoms with van der Waals surface area (Å²) in [7, 11) is 0. The van der Waals surface area contributed by atoms with Crippen molar-refractivity contribution in [2.75, 3.05) is 6.54 Å². The largest absolute Gasteiger partial charge is 0.330 e. The Labute approximate surface area is 95.7 Å². The Bertz CT molecular complexity index is 368. The Morgan fingerprint density at radius 1 is 1.38 bits per heavy atom. The van der Waals surface area contributed by atoms with E-state index in [2.05, 4.69) is 0 Å². The molecule has 16 heavy (non-hydrogen) atoms. The van der Waals surface area contributed by atoms with Gasteiger partial charge in [-0.2, -0.15) is 0 Å². The second-order valence-corrected chi connectivity index (χ2v) is 4.51. The molecule has 0 saturated heterocycles. The quantitative estimate of drug-likeness (QED) is 0.779. The molecule has 0 heterocycles. The van der Waals surface area contributed by atoms with Crippen molar-refractivity contribution in [3.63, 3.8) is 0 Å². The van der Waals surface area contributed by atoms with E-state index in [4.69, 9.17) is 5.73 Å². The first-order valence-corrected chi connectivity index (χ1v) is 5.44. The van der Waals surface area contributed by atoms with Crippen LogP contribution in [0.4, 0.5) is 4.39 Å². The summed E-state index contributed by atoms with van der Waals surface area (Å²) in [6.45, 7) is 3.35. The first kappa shape index (κ1) is 12.8. The highest BCUT2D eigenvalue weighted by Gasteiger charge is 2.19. The Morgan fingerprint density at radius 3 is 2.56 bits per heavy atom. The summed E-state index contributed by atoms with van der Waals surface area (Å²) in [4.78, 5) is 11.7. The minimum atomic E-state index is -1.31. The molecule has 0 amide bonds. The summed E-state index contributed by atoms with van der Waals surface area (Å²) in [5, 5.41) is 0. The van der Waals surface area contributed by atoms with E-state index >= 15 is 0 Å². The molecule has 0 fully saturated rings. The minimum Gasteiger partial charge on any atom is -0.330 e. The van der Waals surface area contributed by atoms with Gasteiger partial charge in [0.15, 0.2) is 5.78 Å². The highest BCUT2D eigenvalue weighted by molar-refractivity contribution is 5.97. The second-order valence-electron chi connectivity index (χ2n) is 4.51. The molecule has 3 heteroatoms. The second kappa shape index (κ2) is 5.21. The molecule has 1 aromatic rings. The number of carbonyl (C=O) groups is 1. The summed E-state index contributed by atoms with van der Waals surface area (Å²) in [5.74, 6) is -0.0117. The van der Waals surface area contributed by atoms with E-state index in [1.54, 1.807) is 18.2 Å². The molecule has 0 atom stereocenters. The average Bonchev–Trinajstić information content (AvgIpc) is 2.16. The number of carbonyl (C=O) groups excluding carboxylic acids is 1. The molecule has 0 saturated carbocycles. The van der Waals surface area contributed by atoms with Crippen LogP contribution >= 0.6 is 0 Å². The highest BCUT2D eigenvalue weighted by Crippen LogP contribution is 2.20. The molecule has 0 radical (unpaired) electrons. The van der Waals surface area contributed by atoms with E-state index in [9.17, 15) is 9.18 Å². The fourth-order valence-corrected chi connectivity index (χ4v) is 1.67. The highest BCUT2D eigenvalue weighted by atomic mass is 19.1. The molecule has 0 aliphatic rings. The normalized spacial score (nSPS) is 11.5. The van der Waals surface area contributed by atoms with Crippen LogP contribution in [0.1, 0.15) is 36.2 Å². The predicted molar refractivity (Wildman–Crippen MR) is 63.3 cm³/mol. The zero-order valence-corrected chi connectivity index (χ0v) is 9.79. The van der Waals surface area contributed by atoms with Crippen LogP contribution in [0.2, 0.25) is 0 Å². The molecule has 2 N–H and O–H groups in total. The first-order chi connectivity index (χ1) is 7.44. The minimum absolute atomic E-state index is 0.0117. The zero-order chi connectivity index (χ0) is 12.2. The molecule has 0 aliphatic heterocycles. The summed E-state index contributed by atoms with van der Waals surface area (Å²) in [6, 6.07) is 7.14. The third-order valence-electron chi connectivity index (χ3n) is 2.30.